The largest absolute Gasteiger partial charge is 0.394 e. The SMILES string of the molecule is OCCn1nc(Cn2cncn2)nc1-c1ccc(F)cc1. The summed E-state index contributed by atoms with van der Waals surface area (Å²) >= 11 is 0. The maximum Gasteiger partial charge on any atom is 0.172 e. The second-order valence-corrected chi connectivity index (χ2v) is 4.40. The number of aromatic nitrogens is 6. The van der Waals surface area contributed by atoms with Gasteiger partial charge in [0.15, 0.2) is 11.6 Å². The number of halogens is 1. The Morgan fingerprint density at radius 3 is 2.67 bits per heavy atom. The van der Waals surface area contributed by atoms with Gasteiger partial charge in [-0.1, -0.05) is 0 Å². The van der Waals surface area contributed by atoms with E-state index in [4.69, 9.17) is 5.11 Å². The molecule has 3 aromatic rings. The molecular weight excluding hydrogens is 275 g/mol. The zero-order chi connectivity index (χ0) is 14.7. The third-order valence-corrected chi connectivity index (χ3v) is 2.90. The maximum absolute atomic E-state index is 13.0. The molecule has 0 aliphatic heterocycles. The van der Waals surface area contributed by atoms with E-state index in [0.717, 1.165) is 5.56 Å². The summed E-state index contributed by atoms with van der Waals surface area (Å²) in [5.74, 6) is 0.822. The lowest BCUT2D eigenvalue weighted by Gasteiger charge is -2.03. The highest BCUT2D eigenvalue weighted by molar-refractivity contribution is 5.54. The summed E-state index contributed by atoms with van der Waals surface area (Å²) in [4.78, 5) is 8.29. The van der Waals surface area contributed by atoms with Gasteiger partial charge < -0.3 is 5.11 Å². The van der Waals surface area contributed by atoms with Gasteiger partial charge in [-0.15, -0.1) is 0 Å². The molecule has 0 saturated carbocycles. The van der Waals surface area contributed by atoms with Gasteiger partial charge in [-0.05, 0) is 24.3 Å². The lowest BCUT2D eigenvalue weighted by Crippen LogP contribution is -2.07. The molecule has 2 heterocycles. The Kier molecular flexibility index (Phi) is 3.69. The highest BCUT2D eigenvalue weighted by Gasteiger charge is 2.12. The first-order valence-electron chi connectivity index (χ1n) is 6.39. The van der Waals surface area contributed by atoms with Gasteiger partial charge in [-0.2, -0.15) is 10.2 Å². The summed E-state index contributed by atoms with van der Waals surface area (Å²) in [5.41, 5.74) is 0.738. The van der Waals surface area contributed by atoms with E-state index in [2.05, 4.69) is 20.2 Å². The zero-order valence-electron chi connectivity index (χ0n) is 11.1. The number of aliphatic hydroxyl groups excluding tert-OH is 1. The van der Waals surface area contributed by atoms with E-state index in [9.17, 15) is 4.39 Å². The van der Waals surface area contributed by atoms with Gasteiger partial charge in [0.05, 0.1) is 13.2 Å². The fourth-order valence-corrected chi connectivity index (χ4v) is 1.98. The topological polar surface area (TPSA) is 81.6 Å². The fraction of sp³-hybridized carbons (Fsp3) is 0.231. The van der Waals surface area contributed by atoms with Crippen molar-refractivity contribution >= 4 is 0 Å². The Morgan fingerprint density at radius 2 is 2.00 bits per heavy atom. The van der Waals surface area contributed by atoms with E-state index in [1.165, 1.54) is 18.5 Å². The van der Waals surface area contributed by atoms with Crippen molar-refractivity contribution in [2.24, 2.45) is 0 Å². The molecule has 0 saturated heterocycles. The molecule has 0 aliphatic carbocycles. The average molecular weight is 288 g/mol. The number of nitrogens with zero attached hydrogens (tertiary/aromatic N) is 6. The molecule has 0 atom stereocenters. The van der Waals surface area contributed by atoms with Crippen molar-refractivity contribution in [2.45, 2.75) is 13.1 Å². The van der Waals surface area contributed by atoms with Crippen molar-refractivity contribution in [1.29, 1.82) is 0 Å². The molecule has 0 spiro atoms. The highest BCUT2D eigenvalue weighted by atomic mass is 19.1. The number of hydrogen-bond acceptors (Lipinski definition) is 5. The Balaban J connectivity index is 1.94. The number of rotatable bonds is 5. The maximum atomic E-state index is 13.0. The molecule has 3 rings (SSSR count). The van der Waals surface area contributed by atoms with Gasteiger partial charge >= 0.3 is 0 Å². The van der Waals surface area contributed by atoms with E-state index in [0.29, 0.717) is 24.7 Å². The smallest absolute Gasteiger partial charge is 0.172 e. The average Bonchev–Trinajstić information content (AvgIpc) is 3.11. The molecule has 1 N–H and O–H groups in total. The van der Waals surface area contributed by atoms with Gasteiger partial charge in [0.1, 0.15) is 25.0 Å². The summed E-state index contributed by atoms with van der Waals surface area (Å²) in [7, 11) is 0. The summed E-state index contributed by atoms with van der Waals surface area (Å²) in [6, 6.07) is 5.99. The molecule has 7 nitrogen and oxygen atoms in total. The molecule has 0 aliphatic rings. The first-order valence-corrected chi connectivity index (χ1v) is 6.39. The molecule has 0 unspecified atom stereocenters. The second-order valence-electron chi connectivity index (χ2n) is 4.40. The zero-order valence-corrected chi connectivity index (χ0v) is 11.1. The van der Waals surface area contributed by atoms with E-state index in [1.54, 1.807) is 27.8 Å². The van der Waals surface area contributed by atoms with Crippen LogP contribution in [0.15, 0.2) is 36.9 Å². The predicted octanol–water partition coefficient (Wildman–Crippen LogP) is 0.716. The molecule has 0 radical (unpaired) electrons. The molecule has 108 valence electrons. The third-order valence-electron chi connectivity index (χ3n) is 2.90. The van der Waals surface area contributed by atoms with E-state index >= 15 is 0 Å². The van der Waals surface area contributed by atoms with Crippen LogP contribution in [0.3, 0.4) is 0 Å². The van der Waals surface area contributed by atoms with Crippen LogP contribution < -0.4 is 0 Å². The lowest BCUT2D eigenvalue weighted by atomic mass is 10.2. The van der Waals surface area contributed by atoms with E-state index in [1.807, 2.05) is 0 Å². The molecule has 0 bridgehead atoms. The van der Waals surface area contributed by atoms with Gasteiger partial charge in [-0.3, -0.25) is 0 Å². The standard InChI is InChI=1S/C13H13FN6O/c14-11-3-1-10(2-4-11)13-17-12(18-20(13)5-6-21)7-19-9-15-8-16-19/h1-4,8-9,21H,5-7H2. The number of benzene rings is 1. The van der Waals surface area contributed by atoms with Crippen molar-refractivity contribution in [1.82, 2.24) is 29.5 Å². The third kappa shape index (κ3) is 2.95. The molecule has 8 heteroatoms. The second kappa shape index (κ2) is 5.80. The summed E-state index contributed by atoms with van der Waals surface area (Å²) in [6.07, 6.45) is 3.01. The molecular formula is C13H13FN6O. The van der Waals surface area contributed by atoms with Crippen LogP contribution >= 0.6 is 0 Å². The van der Waals surface area contributed by atoms with Crippen molar-refractivity contribution < 1.29 is 9.50 Å². The summed E-state index contributed by atoms with van der Waals surface area (Å²) in [6.45, 7) is 0.643. The number of hydrogen-bond donors (Lipinski definition) is 1. The normalized spacial score (nSPS) is 11.0. The van der Waals surface area contributed by atoms with Crippen LogP contribution in [0.25, 0.3) is 11.4 Å². The van der Waals surface area contributed by atoms with E-state index in [-0.39, 0.29) is 12.4 Å². The van der Waals surface area contributed by atoms with Crippen LogP contribution in [0.5, 0.6) is 0 Å². The van der Waals surface area contributed by atoms with Crippen LogP contribution in [0, 0.1) is 5.82 Å². The quantitative estimate of drug-likeness (QED) is 0.748. The van der Waals surface area contributed by atoms with E-state index < -0.39 is 0 Å². The van der Waals surface area contributed by atoms with Crippen LogP contribution in [0.1, 0.15) is 5.82 Å². The Morgan fingerprint density at radius 1 is 1.19 bits per heavy atom. The van der Waals surface area contributed by atoms with Crippen molar-refractivity contribution in [2.75, 3.05) is 6.61 Å². The van der Waals surface area contributed by atoms with Crippen molar-refractivity contribution in [3.8, 4) is 11.4 Å². The Labute approximate surface area is 119 Å². The van der Waals surface area contributed by atoms with Crippen LogP contribution in [-0.2, 0) is 13.1 Å². The fourth-order valence-electron chi connectivity index (χ4n) is 1.98. The number of aliphatic hydroxyl groups is 1. The highest BCUT2D eigenvalue weighted by Crippen LogP contribution is 2.18. The molecule has 1 aromatic carbocycles. The van der Waals surface area contributed by atoms with Gasteiger partial charge in [0.2, 0.25) is 0 Å². The minimum absolute atomic E-state index is 0.0552. The molecule has 2 aromatic heterocycles. The van der Waals surface area contributed by atoms with Crippen molar-refractivity contribution in [3.63, 3.8) is 0 Å². The minimum Gasteiger partial charge on any atom is -0.394 e. The van der Waals surface area contributed by atoms with Crippen LogP contribution in [0.2, 0.25) is 0 Å². The van der Waals surface area contributed by atoms with Gasteiger partial charge in [0.25, 0.3) is 0 Å². The molecule has 0 amide bonds. The van der Waals surface area contributed by atoms with Gasteiger partial charge in [-0.25, -0.2) is 23.7 Å². The van der Waals surface area contributed by atoms with Gasteiger partial charge in [0, 0.05) is 5.56 Å². The Bertz CT molecular complexity index is 707. The summed E-state index contributed by atoms with van der Waals surface area (Å²) in [5, 5.41) is 17.5. The first-order chi connectivity index (χ1) is 10.3. The first kappa shape index (κ1) is 13.4. The monoisotopic (exact) mass is 288 g/mol. The molecule has 0 fully saturated rings. The van der Waals surface area contributed by atoms with Crippen LogP contribution in [-0.4, -0.2) is 41.2 Å². The minimum atomic E-state index is -0.310. The predicted molar refractivity (Wildman–Crippen MR) is 71.6 cm³/mol. The van der Waals surface area contributed by atoms with Crippen molar-refractivity contribution in [3.05, 3.63) is 48.6 Å². The summed E-state index contributed by atoms with van der Waals surface area (Å²) < 4.78 is 16.2. The Hall–Kier alpha value is -2.61. The van der Waals surface area contributed by atoms with Crippen LogP contribution in [0.4, 0.5) is 4.39 Å². The molecule has 21 heavy (non-hydrogen) atoms. The lowest BCUT2D eigenvalue weighted by molar-refractivity contribution is 0.269.